The lowest BCUT2D eigenvalue weighted by Crippen LogP contribution is -2.52. The number of hydrogen-bond donors (Lipinski definition) is 1. The van der Waals surface area contributed by atoms with E-state index < -0.39 is 5.97 Å². The Morgan fingerprint density at radius 3 is 2.55 bits per heavy atom. The van der Waals surface area contributed by atoms with Crippen LogP contribution in [0.2, 0.25) is 0 Å². The second-order valence-electron chi connectivity index (χ2n) is 5.72. The maximum Gasteiger partial charge on any atom is 0.310 e. The monoisotopic (exact) mass is 293 g/mol. The van der Waals surface area contributed by atoms with E-state index in [2.05, 4.69) is 0 Å². The molecule has 0 atom stereocenters. The quantitative estimate of drug-likeness (QED) is 0.911. The number of carbonyl (C=O) groups is 2. The van der Waals surface area contributed by atoms with Gasteiger partial charge in [0.05, 0.1) is 10.8 Å². The Morgan fingerprint density at radius 1 is 1.15 bits per heavy atom. The van der Waals surface area contributed by atoms with Crippen LogP contribution in [0.4, 0.5) is 0 Å². The fraction of sp³-hybridized carbons (Fsp3) is 0.600. The van der Waals surface area contributed by atoms with Crippen molar-refractivity contribution in [1.82, 2.24) is 4.90 Å². The minimum Gasteiger partial charge on any atom is -0.481 e. The van der Waals surface area contributed by atoms with Crippen LogP contribution in [0.5, 0.6) is 0 Å². The lowest BCUT2D eigenvalue weighted by Gasteiger charge is -2.36. The van der Waals surface area contributed by atoms with Crippen molar-refractivity contribution in [2.24, 2.45) is 5.92 Å². The van der Waals surface area contributed by atoms with Crippen molar-refractivity contribution in [3.05, 3.63) is 21.4 Å². The standard InChI is InChI=1S/C15H19NO3S/c17-14(16-8-11(9-16)15(18)19)13-7-10-5-3-1-2-4-6-12(10)20-13/h7,11H,1-6,8-9H2,(H,18,19). The van der Waals surface area contributed by atoms with Crippen molar-refractivity contribution in [1.29, 1.82) is 0 Å². The first-order valence-corrected chi connectivity index (χ1v) is 8.10. The zero-order valence-corrected chi connectivity index (χ0v) is 12.2. The van der Waals surface area contributed by atoms with Gasteiger partial charge in [-0.15, -0.1) is 11.3 Å². The summed E-state index contributed by atoms with van der Waals surface area (Å²) in [5.41, 5.74) is 1.34. The molecule has 1 aromatic heterocycles. The summed E-state index contributed by atoms with van der Waals surface area (Å²) in [6, 6.07) is 2.04. The van der Waals surface area contributed by atoms with Gasteiger partial charge < -0.3 is 10.0 Å². The molecule has 0 aromatic carbocycles. The fourth-order valence-corrected chi connectivity index (χ4v) is 4.13. The summed E-state index contributed by atoms with van der Waals surface area (Å²) in [5.74, 6) is -1.16. The second kappa shape index (κ2) is 5.56. The predicted molar refractivity (Wildman–Crippen MR) is 77.2 cm³/mol. The number of aryl methyl sites for hydroxylation is 2. The number of carbonyl (C=O) groups excluding carboxylic acids is 1. The van der Waals surface area contributed by atoms with Crippen LogP contribution in [0.3, 0.4) is 0 Å². The molecule has 1 N–H and O–H groups in total. The first kappa shape index (κ1) is 13.6. The van der Waals surface area contributed by atoms with Crippen molar-refractivity contribution in [2.75, 3.05) is 13.1 Å². The Morgan fingerprint density at radius 2 is 1.85 bits per heavy atom. The normalized spacial score (nSPS) is 19.7. The molecule has 20 heavy (non-hydrogen) atoms. The van der Waals surface area contributed by atoms with Crippen molar-refractivity contribution >= 4 is 23.2 Å². The van der Waals surface area contributed by atoms with Crippen LogP contribution in [0.1, 0.15) is 45.8 Å². The molecule has 1 saturated heterocycles. The van der Waals surface area contributed by atoms with E-state index in [1.165, 1.54) is 36.1 Å². The van der Waals surface area contributed by atoms with E-state index in [-0.39, 0.29) is 11.8 Å². The smallest absolute Gasteiger partial charge is 0.310 e. The maximum absolute atomic E-state index is 12.3. The molecule has 0 spiro atoms. The van der Waals surface area contributed by atoms with Crippen LogP contribution in [0, 0.1) is 5.92 Å². The highest BCUT2D eigenvalue weighted by molar-refractivity contribution is 7.14. The molecule has 0 unspecified atom stereocenters. The maximum atomic E-state index is 12.3. The van der Waals surface area contributed by atoms with Gasteiger partial charge in [0.2, 0.25) is 0 Å². The van der Waals surface area contributed by atoms with Crippen LogP contribution in [0.15, 0.2) is 6.07 Å². The molecule has 2 aliphatic rings. The number of fused-ring (bicyclic) bond motifs is 1. The first-order chi connectivity index (χ1) is 9.65. The van der Waals surface area contributed by atoms with E-state index in [1.807, 2.05) is 6.07 Å². The number of carboxylic acid groups (broad SMARTS) is 1. The number of amides is 1. The Hall–Kier alpha value is -1.36. The van der Waals surface area contributed by atoms with E-state index in [4.69, 9.17) is 5.11 Å². The molecule has 3 rings (SSSR count). The highest BCUT2D eigenvalue weighted by Gasteiger charge is 2.36. The first-order valence-electron chi connectivity index (χ1n) is 7.29. The van der Waals surface area contributed by atoms with E-state index in [9.17, 15) is 9.59 Å². The Bertz CT molecular complexity index is 506. The van der Waals surface area contributed by atoms with Crippen molar-refractivity contribution < 1.29 is 14.7 Å². The third-order valence-electron chi connectivity index (χ3n) is 4.23. The highest BCUT2D eigenvalue weighted by atomic mass is 32.1. The topological polar surface area (TPSA) is 57.6 Å². The molecule has 4 nitrogen and oxygen atoms in total. The zero-order valence-electron chi connectivity index (χ0n) is 11.4. The number of hydrogen-bond acceptors (Lipinski definition) is 3. The van der Waals surface area contributed by atoms with Gasteiger partial charge in [0, 0.05) is 18.0 Å². The van der Waals surface area contributed by atoms with Gasteiger partial charge in [-0.2, -0.15) is 0 Å². The van der Waals surface area contributed by atoms with Crippen molar-refractivity contribution in [2.45, 2.75) is 38.5 Å². The van der Waals surface area contributed by atoms with E-state index in [0.717, 1.165) is 17.7 Å². The molecular formula is C15H19NO3S. The number of nitrogens with zero attached hydrogens (tertiary/aromatic N) is 1. The summed E-state index contributed by atoms with van der Waals surface area (Å²) in [6.07, 6.45) is 7.16. The molecule has 0 bridgehead atoms. The van der Waals surface area contributed by atoms with Gasteiger partial charge in [0.25, 0.3) is 5.91 Å². The van der Waals surface area contributed by atoms with Crippen LogP contribution in [-0.2, 0) is 17.6 Å². The summed E-state index contributed by atoms with van der Waals surface area (Å²) in [6.45, 7) is 0.716. The predicted octanol–water partition coefficient (Wildman–Crippen LogP) is 2.56. The summed E-state index contributed by atoms with van der Waals surface area (Å²) in [7, 11) is 0. The van der Waals surface area contributed by atoms with Gasteiger partial charge in [0.15, 0.2) is 0 Å². The highest BCUT2D eigenvalue weighted by Crippen LogP contribution is 2.30. The van der Waals surface area contributed by atoms with Crippen LogP contribution < -0.4 is 0 Å². The van der Waals surface area contributed by atoms with Crippen molar-refractivity contribution in [3.63, 3.8) is 0 Å². The molecule has 1 aliphatic carbocycles. The summed E-state index contributed by atoms with van der Waals surface area (Å²) in [4.78, 5) is 26.9. The van der Waals surface area contributed by atoms with Gasteiger partial charge >= 0.3 is 5.97 Å². The molecule has 1 aliphatic heterocycles. The van der Waals surface area contributed by atoms with Crippen molar-refractivity contribution in [3.8, 4) is 0 Å². The van der Waals surface area contributed by atoms with Gasteiger partial charge in [0.1, 0.15) is 0 Å². The second-order valence-corrected chi connectivity index (χ2v) is 6.86. The fourth-order valence-electron chi connectivity index (χ4n) is 2.91. The third kappa shape index (κ3) is 2.59. The molecule has 2 heterocycles. The van der Waals surface area contributed by atoms with Crippen LogP contribution in [-0.4, -0.2) is 35.0 Å². The average molecular weight is 293 g/mol. The molecule has 0 radical (unpaired) electrons. The van der Waals surface area contributed by atoms with Gasteiger partial charge in [-0.1, -0.05) is 12.8 Å². The third-order valence-corrected chi connectivity index (χ3v) is 5.45. The minimum atomic E-state index is -0.799. The number of likely N-dealkylation sites (tertiary alicyclic amines) is 1. The Balaban J connectivity index is 1.70. The average Bonchev–Trinajstić information content (AvgIpc) is 2.69. The zero-order chi connectivity index (χ0) is 14.1. The number of aliphatic carboxylic acids is 1. The van der Waals surface area contributed by atoms with Crippen LogP contribution in [0.25, 0.3) is 0 Å². The minimum absolute atomic E-state index is 0.0132. The molecule has 1 amide bonds. The Kier molecular flexibility index (Phi) is 3.78. The SMILES string of the molecule is O=C(O)C1CN(C(=O)c2cc3c(s2)CCCCCC3)C1. The van der Waals surface area contributed by atoms with E-state index in [1.54, 1.807) is 16.2 Å². The Labute approximate surface area is 122 Å². The van der Waals surface area contributed by atoms with E-state index in [0.29, 0.717) is 13.1 Å². The molecule has 108 valence electrons. The van der Waals surface area contributed by atoms with Gasteiger partial charge in [-0.25, -0.2) is 0 Å². The largest absolute Gasteiger partial charge is 0.481 e. The van der Waals surface area contributed by atoms with E-state index >= 15 is 0 Å². The summed E-state index contributed by atoms with van der Waals surface area (Å²) < 4.78 is 0. The number of carboxylic acids is 1. The van der Waals surface area contributed by atoms with Crippen LogP contribution >= 0.6 is 11.3 Å². The molecule has 0 saturated carbocycles. The lowest BCUT2D eigenvalue weighted by atomic mass is 9.99. The summed E-state index contributed by atoms with van der Waals surface area (Å²) >= 11 is 1.61. The lowest BCUT2D eigenvalue weighted by molar-refractivity contribution is -0.146. The number of rotatable bonds is 2. The van der Waals surface area contributed by atoms with Gasteiger partial charge in [-0.05, 0) is 37.3 Å². The molecular weight excluding hydrogens is 274 g/mol. The molecule has 1 aromatic rings. The van der Waals surface area contributed by atoms with Gasteiger partial charge in [-0.3, -0.25) is 9.59 Å². The number of thiophene rings is 1. The molecule has 5 heteroatoms. The summed E-state index contributed by atoms with van der Waals surface area (Å²) in [5, 5.41) is 8.86. The molecule has 1 fully saturated rings.